The number of benzene rings is 1. The van der Waals surface area contributed by atoms with Gasteiger partial charge in [-0.15, -0.1) is 6.58 Å². The molecule has 0 aliphatic heterocycles. The van der Waals surface area contributed by atoms with Gasteiger partial charge in [-0.2, -0.15) is 0 Å². The number of Topliss-reactive ketones (excluding diaryl/α,β-unsaturated/α-hetero) is 1. The highest BCUT2D eigenvalue weighted by Gasteiger charge is 2.34. The molecule has 0 aliphatic carbocycles. The molecule has 1 aromatic rings. The van der Waals surface area contributed by atoms with Gasteiger partial charge in [0, 0.05) is 13.6 Å². The van der Waals surface area contributed by atoms with Gasteiger partial charge in [-0.3, -0.25) is 14.4 Å². The van der Waals surface area contributed by atoms with Crippen molar-refractivity contribution in [3.8, 4) is 5.75 Å². The van der Waals surface area contributed by atoms with Crippen LogP contribution in [0.15, 0.2) is 60.7 Å². The molecular weight excluding hydrogens is 574 g/mol. The van der Waals surface area contributed by atoms with Crippen LogP contribution in [0.25, 0.3) is 0 Å². The molecule has 7 nitrogen and oxygen atoms in total. The average Bonchev–Trinajstić information content (AvgIpc) is 3.02. The fraction of sp³-hybridized carbons (Fsp3) is 0.615. The van der Waals surface area contributed by atoms with E-state index in [9.17, 15) is 14.4 Å². The van der Waals surface area contributed by atoms with Crippen molar-refractivity contribution in [2.45, 2.75) is 121 Å². The van der Waals surface area contributed by atoms with E-state index >= 15 is 0 Å². The standard InChI is InChI=1S/C16H29N3O3.C14H20O.C4H8.C3H8.C2H6/c1-11(12(2)20)8-9-19(7)15(22)14(16(3,4)5)18-13(21)10-17-6;1-5-12(4)10-15-14-8-6-13(7-9-14)11(2)3;1-3-4-2;1-3-2;1-2/h8,14,17H,9-10H2,1-7H3,(H,18,21);6-9,11H,4-5,10H2,1-3H3;3H,1,4H2,2H3;3H2,1-2H3;1-2H3/b11-8+;;;;. The number of allylic oxidation sites excluding steroid dienone is 2. The van der Waals surface area contributed by atoms with Gasteiger partial charge in [0.2, 0.25) is 11.8 Å². The zero-order chi connectivity index (χ0) is 36.9. The molecule has 0 spiro atoms. The molecule has 2 N–H and O–H groups in total. The van der Waals surface area contributed by atoms with Crippen molar-refractivity contribution < 1.29 is 19.1 Å². The van der Waals surface area contributed by atoms with Crippen molar-refractivity contribution in [2.24, 2.45) is 5.41 Å². The fourth-order valence-corrected chi connectivity index (χ4v) is 2.99. The van der Waals surface area contributed by atoms with Crippen LogP contribution in [0.3, 0.4) is 0 Å². The molecule has 2 amide bonds. The van der Waals surface area contributed by atoms with E-state index in [0.29, 0.717) is 24.6 Å². The third-order valence-electron chi connectivity index (χ3n) is 6.14. The number of nitrogens with one attached hydrogen (secondary N) is 2. The predicted octanol–water partition coefficient (Wildman–Crippen LogP) is 8.91. The first-order valence-corrected chi connectivity index (χ1v) is 16.8. The van der Waals surface area contributed by atoms with Crippen molar-refractivity contribution in [1.29, 1.82) is 0 Å². The topological polar surface area (TPSA) is 87.7 Å². The van der Waals surface area contributed by atoms with Crippen molar-refractivity contribution in [3.63, 3.8) is 0 Å². The van der Waals surface area contributed by atoms with E-state index in [1.807, 2.05) is 52.8 Å². The monoisotopic (exact) mass is 646 g/mol. The average molecular weight is 646 g/mol. The normalized spacial score (nSPS) is 10.9. The third kappa shape index (κ3) is 27.1. The zero-order valence-corrected chi connectivity index (χ0v) is 32.4. The summed E-state index contributed by atoms with van der Waals surface area (Å²) < 4.78 is 5.59. The molecule has 0 saturated carbocycles. The summed E-state index contributed by atoms with van der Waals surface area (Å²) >= 11 is 0. The van der Waals surface area contributed by atoms with Gasteiger partial charge in [-0.25, -0.2) is 0 Å². The second-order valence-electron chi connectivity index (χ2n) is 12.1. The van der Waals surface area contributed by atoms with E-state index in [1.54, 1.807) is 27.1 Å². The Morgan fingerprint density at radius 3 is 1.83 bits per heavy atom. The summed E-state index contributed by atoms with van der Waals surface area (Å²) in [5, 5.41) is 5.53. The molecule has 1 rings (SSSR count). The number of ketones is 1. The molecule has 0 radical (unpaired) electrons. The predicted molar refractivity (Wildman–Crippen MR) is 201 cm³/mol. The fourth-order valence-electron chi connectivity index (χ4n) is 2.99. The van der Waals surface area contributed by atoms with Gasteiger partial charge in [-0.05, 0) is 73.9 Å². The van der Waals surface area contributed by atoms with Crippen molar-refractivity contribution >= 4 is 17.6 Å². The molecule has 1 unspecified atom stereocenters. The summed E-state index contributed by atoms with van der Waals surface area (Å²) in [4.78, 5) is 37.1. The van der Waals surface area contributed by atoms with Gasteiger partial charge >= 0.3 is 0 Å². The van der Waals surface area contributed by atoms with Crippen molar-refractivity contribution in [1.82, 2.24) is 15.5 Å². The van der Waals surface area contributed by atoms with Crippen LogP contribution in [0.4, 0.5) is 0 Å². The third-order valence-corrected chi connectivity index (χ3v) is 6.14. The first-order chi connectivity index (χ1) is 21.5. The molecule has 1 atom stereocenters. The van der Waals surface area contributed by atoms with Crippen molar-refractivity contribution in [3.05, 3.63) is 66.3 Å². The summed E-state index contributed by atoms with van der Waals surface area (Å²) in [5.74, 6) is 1.08. The lowest BCUT2D eigenvalue weighted by atomic mass is 9.85. The number of carbonyl (C=O) groups excluding carboxylic acids is 3. The van der Waals surface area contributed by atoms with Crippen LogP contribution in [0.5, 0.6) is 5.75 Å². The maximum absolute atomic E-state index is 12.6. The van der Waals surface area contributed by atoms with E-state index in [2.05, 4.69) is 77.5 Å². The number of rotatable bonds is 13. The Balaban J connectivity index is -0.000000315. The van der Waals surface area contributed by atoms with Gasteiger partial charge in [0.25, 0.3) is 0 Å². The van der Waals surface area contributed by atoms with E-state index in [-0.39, 0.29) is 24.1 Å². The Bertz CT molecular complexity index is 989. The highest BCUT2D eigenvalue weighted by molar-refractivity contribution is 5.93. The molecule has 0 fully saturated rings. The minimum absolute atomic E-state index is 0.0180. The summed E-state index contributed by atoms with van der Waals surface area (Å²) in [5.41, 5.74) is 2.68. The number of ether oxygens (including phenoxy) is 1. The van der Waals surface area contributed by atoms with Gasteiger partial charge in [-0.1, -0.05) is 113 Å². The highest BCUT2D eigenvalue weighted by Crippen LogP contribution is 2.21. The smallest absolute Gasteiger partial charge is 0.245 e. The number of nitrogens with zero attached hydrogens (tertiary/aromatic N) is 1. The first kappa shape index (κ1) is 49.7. The lowest BCUT2D eigenvalue weighted by Crippen LogP contribution is -2.55. The Labute approximate surface area is 284 Å². The van der Waals surface area contributed by atoms with Gasteiger partial charge in [0.15, 0.2) is 5.78 Å². The molecule has 46 heavy (non-hydrogen) atoms. The molecule has 7 heteroatoms. The second-order valence-corrected chi connectivity index (χ2v) is 12.1. The summed E-state index contributed by atoms with van der Waals surface area (Å²) in [6.07, 6.45) is 6.90. The SMILES string of the molecule is C=C(CC)COc1ccc(C(C)C)cc1.C=CCC.CC.CCC.CNCC(=O)NC(C(=O)N(C)C/C=C(\C)C(C)=O)C(C)(C)C. The number of carbonyl (C=O) groups is 3. The van der Waals surface area contributed by atoms with Crippen LogP contribution in [0.1, 0.15) is 121 Å². The molecule has 0 aromatic heterocycles. The molecular formula is C39H71N3O4. The number of amides is 2. The van der Waals surface area contributed by atoms with Crippen LogP contribution in [-0.4, -0.2) is 62.3 Å². The Kier molecular flexibility index (Phi) is 32.9. The van der Waals surface area contributed by atoms with Crippen LogP contribution in [-0.2, 0) is 14.4 Å². The number of likely N-dealkylation sites (N-methyl/N-ethyl adjacent to an activating group) is 2. The van der Waals surface area contributed by atoms with Gasteiger partial charge in [0.05, 0.1) is 6.54 Å². The van der Waals surface area contributed by atoms with Crippen LogP contribution < -0.4 is 15.4 Å². The summed E-state index contributed by atoms with van der Waals surface area (Å²) in [6, 6.07) is 7.67. The maximum Gasteiger partial charge on any atom is 0.245 e. The van der Waals surface area contributed by atoms with E-state index < -0.39 is 11.5 Å². The Hall–Kier alpha value is -3.19. The maximum atomic E-state index is 12.6. The van der Waals surface area contributed by atoms with Gasteiger partial charge < -0.3 is 20.3 Å². The summed E-state index contributed by atoms with van der Waals surface area (Å²) in [7, 11) is 3.34. The van der Waals surface area contributed by atoms with Crippen molar-refractivity contribution in [2.75, 3.05) is 33.8 Å². The number of hydrogen-bond acceptors (Lipinski definition) is 5. The van der Waals surface area contributed by atoms with Crippen LogP contribution in [0, 0.1) is 5.41 Å². The highest BCUT2D eigenvalue weighted by atomic mass is 16.5. The number of hydrogen-bond donors (Lipinski definition) is 2. The Morgan fingerprint density at radius 2 is 1.48 bits per heavy atom. The minimum Gasteiger partial charge on any atom is -0.489 e. The van der Waals surface area contributed by atoms with E-state index in [0.717, 1.165) is 24.2 Å². The van der Waals surface area contributed by atoms with Gasteiger partial charge in [0.1, 0.15) is 18.4 Å². The lowest BCUT2D eigenvalue weighted by Gasteiger charge is -2.33. The molecule has 266 valence electrons. The van der Waals surface area contributed by atoms with Crippen LogP contribution in [0.2, 0.25) is 0 Å². The largest absolute Gasteiger partial charge is 0.489 e. The summed E-state index contributed by atoms with van der Waals surface area (Å²) in [6.45, 7) is 34.2. The van der Waals surface area contributed by atoms with E-state index in [1.165, 1.54) is 23.8 Å². The quantitative estimate of drug-likeness (QED) is 0.165. The molecule has 0 heterocycles. The lowest BCUT2D eigenvalue weighted by molar-refractivity contribution is -0.137. The van der Waals surface area contributed by atoms with Crippen LogP contribution >= 0.6 is 0 Å². The second kappa shape index (κ2) is 30.5. The molecule has 0 saturated heterocycles. The molecule has 1 aromatic carbocycles. The first-order valence-electron chi connectivity index (χ1n) is 16.8. The zero-order valence-electron chi connectivity index (χ0n) is 32.4. The minimum atomic E-state index is -0.621. The molecule has 0 bridgehead atoms. The molecule has 0 aliphatic rings. The van der Waals surface area contributed by atoms with E-state index in [4.69, 9.17) is 4.74 Å². The Morgan fingerprint density at radius 1 is 1.00 bits per heavy atom.